The van der Waals surface area contributed by atoms with Crippen LogP contribution in [0.2, 0.25) is 0 Å². The molecule has 1 aliphatic rings. The van der Waals surface area contributed by atoms with Crippen LogP contribution in [0.5, 0.6) is 5.75 Å². The van der Waals surface area contributed by atoms with Gasteiger partial charge in [0.15, 0.2) is 6.10 Å². The lowest BCUT2D eigenvalue weighted by atomic mass is 10.1. The van der Waals surface area contributed by atoms with Crippen LogP contribution >= 0.6 is 11.3 Å². The minimum atomic E-state index is -3.59. The van der Waals surface area contributed by atoms with E-state index in [0.717, 1.165) is 16.7 Å². The zero-order valence-corrected chi connectivity index (χ0v) is 18.2. The van der Waals surface area contributed by atoms with E-state index in [9.17, 15) is 13.2 Å². The molecule has 0 N–H and O–H groups in total. The molecule has 9 nitrogen and oxygen atoms in total. The van der Waals surface area contributed by atoms with Crippen LogP contribution in [0.4, 0.5) is 5.69 Å². The van der Waals surface area contributed by atoms with E-state index in [1.54, 1.807) is 25.2 Å². The SMILES string of the molecule is Cc1ccc2c(c1)N(S(C)(=O)=O)C[C@@H](C(=O)N(C)Cc1nc(-c3cccs3)no1)O2. The number of fused-ring (bicyclic) bond motifs is 1. The van der Waals surface area contributed by atoms with Crippen molar-refractivity contribution >= 4 is 33.0 Å². The van der Waals surface area contributed by atoms with Crippen molar-refractivity contribution in [2.45, 2.75) is 19.6 Å². The van der Waals surface area contributed by atoms with Crippen molar-refractivity contribution < 1.29 is 22.5 Å². The van der Waals surface area contributed by atoms with Gasteiger partial charge in [-0.25, -0.2) is 8.42 Å². The topological polar surface area (TPSA) is 106 Å². The fourth-order valence-corrected chi connectivity index (χ4v) is 4.71. The number of hydrogen-bond donors (Lipinski definition) is 0. The average Bonchev–Trinajstić information content (AvgIpc) is 3.37. The quantitative estimate of drug-likeness (QED) is 0.590. The number of nitrogens with zero attached hydrogens (tertiary/aromatic N) is 4. The first kappa shape index (κ1) is 20.4. The molecule has 0 aliphatic carbocycles. The number of aromatic nitrogens is 2. The van der Waals surface area contributed by atoms with Gasteiger partial charge in [0.05, 0.1) is 29.9 Å². The smallest absolute Gasteiger partial charge is 0.265 e. The highest BCUT2D eigenvalue weighted by Crippen LogP contribution is 2.36. The average molecular weight is 449 g/mol. The van der Waals surface area contributed by atoms with Gasteiger partial charge in [-0.05, 0) is 36.1 Å². The summed E-state index contributed by atoms with van der Waals surface area (Å²) in [6, 6.07) is 8.97. The normalized spacial score (nSPS) is 16.1. The van der Waals surface area contributed by atoms with Crippen molar-refractivity contribution in [1.29, 1.82) is 0 Å². The van der Waals surface area contributed by atoms with E-state index in [0.29, 0.717) is 17.3 Å². The van der Waals surface area contributed by atoms with Crippen molar-refractivity contribution in [2.75, 3.05) is 24.2 Å². The molecule has 1 amide bonds. The molecule has 1 aliphatic heterocycles. The minimum absolute atomic E-state index is 0.0801. The molecule has 1 aromatic carbocycles. The Bertz CT molecular complexity index is 1170. The van der Waals surface area contributed by atoms with Crippen LogP contribution < -0.4 is 9.04 Å². The van der Waals surface area contributed by atoms with E-state index in [1.807, 2.05) is 24.4 Å². The molecule has 0 bridgehead atoms. The predicted octanol–water partition coefficient (Wildman–Crippen LogP) is 2.29. The molecular formula is C19H20N4O5S2. The van der Waals surface area contributed by atoms with Gasteiger partial charge >= 0.3 is 0 Å². The third-order valence-corrected chi connectivity index (χ3v) is 6.63. The summed E-state index contributed by atoms with van der Waals surface area (Å²) in [4.78, 5) is 19.5. The second kappa shape index (κ2) is 7.73. The Morgan fingerprint density at radius 3 is 2.87 bits per heavy atom. The monoisotopic (exact) mass is 448 g/mol. The van der Waals surface area contributed by atoms with Gasteiger partial charge < -0.3 is 14.2 Å². The third-order valence-electron chi connectivity index (χ3n) is 4.62. The molecule has 0 fully saturated rings. The summed E-state index contributed by atoms with van der Waals surface area (Å²) >= 11 is 1.49. The molecule has 3 heterocycles. The van der Waals surface area contributed by atoms with Crippen molar-refractivity contribution in [3.8, 4) is 16.5 Å². The van der Waals surface area contributed by atoms with E-state index in [2.05, 4.69) is 10.1 Å². The number of aryl methyl sites for hydroxylation is 1. The van der Waals surface area contributed by atoms with Crippen molar-refractivity contribution in [1.82, 2.24) is 15.0 Å². The Morgan fingerprint density at radius 2 is 2.17 bits per heavy atom. The number of carbonyl (C=O) groups is 1. The first-order valence-corrected chi connectivity index (χ1v) is 11.8. The highest BCUT2D eigenvalue weighted by Gasteiger charge is 2.36. The molecule has 11 heteroatoms. The molecule has 2 aromatic heterocycles. The van der Waals surface area contributed by atoms with E-state index >= 15 is 0 Å². The van der Waals surface area contributed by atoms with Gasteiger partial charge in [-0.2, -0.15) is 4.98 Å². The fourth-order valence-electron chi connectivity index (χ4n) is 3.16. The van der Waals surface area contributed by atoms with Gasteiger partial charge in [-0.1, -0.05) is 17.3 Å². The first-order valence-electron chi connectivity index (χ1n) is 9.09. The highest BCUT2D eigenvalue weighted by atomic mass is 32.2. The number of sulfonamides is 1. The number of rotatable bonds is 5. The molecule has 158 valence electrons. The summed E-state index contributed by atoms with van der Waals surface area (Å²) in [5.41, 5.74) is 1.33. The van der Waals surface area contributed by atoms with E-state index in [-0.39, 0.29) is 24.9 Å². The molecule has 0 saturated carbocycles. The van der Waals surface area contributed by atoms with E-state index < -0.39 is 16.1 Å². The Labute approximate surface area is 177 Å². The van der Waals surface area contributed by atoms with Crippen LogP contribution in [0, 0.1) is 6.92 Å². The molecule has 0 saturated heterocycles. The zero-order chi connectivity index (χ0) is 21.5. The summed E-state index contributed by atoms with van der Waals surface area (Å²) in [5, 5.41) is 5.84. The number of thiophene rings is 1. The maximum Gasteiger partial charge on any atom is 0.265 e. The standard InChI is InChI=1S/C19H20N4O5S2/c1-12-6-7-14-13(9-12)23(30(3,25)26)10-15(27-14)19(24)22(2)11-17-20-18(21-28-17)16-5-4-8-29-16/h4-9,15H,10-11H2,1-3H3/t15-/m0/s1. The Morgan fingerprint density at radius 1 is 1.37 bits per heavy atom. The Hall–Kier alpha value is -2.92. The molecule has 0 radical (unpaired) electrons. The van der Waals surface area contributed by atoms with Gasteiger partial charge in [0.1, 0.15) is 5.75 Å². The molecule has 0 unspecified atom stereocenters. The largest absolute Gasteiger partial charge is 0.476 e. The number of hydrogen-bond acceptors (Lipinski definition) is 8. The number of anilines is 1. The third kappa shape index (κ3) is 4.03. The minimum Gasteiger partial charge on any atom is -0.476 e. The molecule has 4 rings (SSSR count). The van der Waals surface area contributed by atoms with Crippen molar-refractivity contribution in [2.24, 2.45) is 0 Å². The maximum atomic E-state index is 13.0. The molecular weight excluding hydrogens is 428 g/mol. The molecule has 0 spiro atoms. The molecule has 3 aromatic rings. The summed E-state index contributed by atoms with van der Waals surface area (Å²) < 4.78 is 36.9. The van der Waals surface area contributed by atoms with Crippen LogP contribution in [0.15, 0.2) is 40.2 Å². The van der Waals surface area contributed by atoms with Crippen molar-refractivity contribution in [3.05, 3.63) is 47.2 Å². The number of carbonyl (C=O) groups excluding carboxylic acids is 1. The van der Waals surface area contributed by atoms with Gasteiger partial charge in [0, 0.05) is 7.05 Å². The zero-order valence-electron chi connectivity index (χ0n) is 16.6. The Balaban J connectivity index is 1.52. The second-order valence-electron chi connectivity index (χ2n) is 7.06. The van der Waals surface area contributed by atoms with Crippen LogP contribution in [0.25, 0.3) is 10.7 Å². The second-order valence-corrected chi connectivity index (χ2v) is 9.91. The lowest BCUT2D eigenvalue weighted by Crippen LogP contribution is -2.50. The van der Waals surface area contributed by atoms with Gasteiger partial charge in [0.25, 0.3) is 5.91 Å². The van der Waals surface area contributed by atoms with Crippen LogP contribution in [0.3, 0.4) is 0 Å². The first-order chi connectivity index (χ1) is 14.2. The van der Waals surface area contributed by atoms with Gasteiger partial charge in [-0.3, -0.25) is 9.10 Å². The van der Waals surface area contributed by atoms with E-state index in [4.69, 9.17) is 9.26 Å². The number of benzene rings is 1. The highest BCUT2D eigenvalue weighted by molar-refractivity contribution is 7.92. The number of amides is 1. The van der Waals surface area contributed by atoms with Crippen LogP contribution in [-0.2, 0) is 21.4 Å². The van der Waals surface area contributed by atoms with Gasteiger partial charge in [-0.15, -0.1) is 11.3 Å². The number of ether oxygens (including phenoxy) is 1. The summed E-state index contributed by atoms with van der Waals surface area (Å²) in [7, 11) is -2.01. The molecule has 1 atom stereocenters. The maximum absolute atomic E-state index is 13.0. The summed E-state index contributed by atoms with van der Waals surface area (Å²) in [6.45, 7) is 1.83. The predicted molar refractivity (Wildman–Crippen MR) is 112 cm³/mol. The molecule has 30 heavy (non-hydrogen) atoms. The lowest BCUT2D eigenvalue weighted by molar-refractivity contribution is -0.138. The van der Waals surface area contributed by atoms with Gasteiger partial charge in [0.2, 0.25) is 21.7 Å². The Kier molecular flexibility index (Phi) is 5.24. The van der Waals surface area contributed by atoms with Crippen LogP contribution in [-0.4, -0.2) is 55.3 Å². The number of likely N-dealkylation sites (N-methyl/N-ethyl adjacent to an activating group) is 1. The fraction of sp³-hybridized carbons (Fsp3) is 0.316. The van der Waals surface area contributed by atoms with E-state index in [1.165, 1.54) is 20.5 Å². The lowest BCUT2D eigenvalue weighted by Gasteiger charge is -2.35. The van der Waals surface area contributed by atoms with Crippen molar-refractivity contribution in [3.63, 3.8) is 0 Å². The summed E-state index contributed by atoms with van der Waals surface area (Å²) in [5.74, 6) is 0.705. The summed E-state index contributed by atoms with van der Waals surface area (Å²) in [6.07, 6.45) is 0.125. The van der Waals surface area contributed by atoms with Crippen LogP contribution in [0.1, 0.15) is 11.5 Å².